The third kappa shape index (κ3) is 2.78. The van der Waals surface area contributed by atoms with Crippen molar-refractivity contribution in [3.05, 3.63) is 11.7 Å². The van der Waals surface area contributed by atoms with Gasteiger partial charge >= 0.3 is 5.97 Å². The zero-order valence-electron chi connectivity index (χ0n) is 11.5. The lowest BCUT2D eigenvalue weighted by Gasteiger charge is -2.27. The van der Waals surface area contributed by atoms with Crippen LogP contribution in [0.1, 0.15) is 44.8 Å². The van der Waals surface area contributed by atoms with Crippen LogP contribution in [-0.4, -0.2) is 34.4 Å². The van der Waals surface area contributed by atoms with Crippen molar-refractivity contribution in [1.29, 1.82) is 0 Å². The minimum Gasteiger partial charge on any atom is -0.481 e. The number of ether oxygens (including phenoxy) is 1. The van der Waals surface area contributed by atoms with Gasteiger partial charge in [0.25, 0.3) is 0 Å². The number of carboxylic acids is 1. The van der Waals surface area contributed by atoms with E-state index in [1.165, 1.54) is 0 Å². The number of nitrogens with zero attached hydrogens (tertiary/aromatic N) is 2. The summed E-state index contributed by atoms with van der Waals surface area (Å²) in [6.45, 7) is 6.81. The molecule has 0 saturated carbocycles. The lowest BCUT2D eigenvalue weighted by atomic mass is 9.76. The number of carbonyl (C=O) groups is 1. The smallest absolute Gasteiger partial charge is 0.310 e. The summed E-state index contributed by atoms with van der Waals surface area (Å²) in [6.07, 6.45) is 1.14. The van der Waals surface area contributed by atoms with Crippen LogP contribution < -0.4 is 0 Å². The molecule has 6 heteroatoms. The van der Waals surface area contributed by atoms with Gasteiger partial charge in [0, 0.05) is 18.9 Å². The fourth-order valence-electron chi connectivity index (χ4n) is 2.08. The monoisotopic (exact) mass is 268 g/mol. The van der Waals surface area contributed by atoms with Gasteiger partial charge < -0.3 is 14.4 Å². The molecule has 0 spiro atoms. The summed E-state index contributed by atoms with van der Waals surface area (Å²) in [7, 11) is 0. The molecule has 6 nitrogen and oxygen atoms in total. The lowest BCUT2D eigenvalue weighted by molar-refractivity contribution is -0.150. The van der Waals surface area contributed by atoms with Crippen LogP contribution in [0.25, 0.3) is 0 Å². The number of hydrogen-bond donors (Lipinski definition) is 1. The standard InChI is InChI=1S/C13H20N2O4/c1-8(2)13(3,12(16)17)6-10-14-11(15-19-10)9-4-5-18-7-9/h8-9H,4-7H2,1-3H3,(H,16,17). The first-order chi connectivity index (χ1) is 8.93. The molecule has 0 amide bonds. The van der Waals surface area contributed by atoms with E-state index in [2.05, 4.69) is 10.1 Å². The van der Waals surface area contributed by atoms with Gasteiger partial charge in [0.05, 0.1) is 12.0 Å². The number of aromatic nitrogens is 2. The van der Waals surface area contributed by atoms with Crippen molar-refractivity contribution >= 4 is 5.97 Å². The highest BCUT2D eigenvalue weighted by atomic mass is 16.5. The zero-order valence-corrected chi connectivity index (χ0v) is 11.5. The SMILES string of the molecule is CC(C)C(C)(Cc1nc(C2CCOC2)no1)C(=O)O. The molecular formula is C13H20N2O4. The Hall–Kier alpha value is -1.43. The van der Waals surface area contributed by atoms with Crippen molar-refractivity contribution in [3.8, 4) is 0 Å². The Bertz CT molecular complexity index is 451. The van der Waals surface area contributed by atoms with E-state index in [0.29, 0.717) is 24.9 Å². The van der Waals surface area contributed by atoms with Crippen LogP contribution in [0.5, 0.6) is 0 Å². The fraction of sp³-hybridized carbons (Fsp3) is 0.769. The van der Waals surface area contributed by atoms with Gasteiger partial charge in [-0.05, 0) is 19.3 Å². The third-order valence-corrected chi connectivity index (χ3v) is 4.06. The average Bonchev–Trinajstić information content (AvgIpc) is 2.97. The Morgan fingerprint density at radius 2 is 2.32 bits per heavy atom. The van der Waals surface area contributed by atoms with Gasteiger partial charge in [-0.15, -0.1) is 0 Å². The van der Waals surface area contributed by atoms with E-state index >= 15 is 0 Å². The first-order valence-electron chi connectivity index (χ1n) is 6.57. The predicted octanol–water partition coefficient (Wildman–Crippen LogP) is 1.86. The summed E-state index contributed by atoms with van der Waals surface area (Å²) < 4.78 is 10.5. The van der Waals surface area contributed by atoms with Crippen molar-refractivity contribution < 1.29 is 19.2 Å². The largest absolute Gasteiger partial charge is 0.481 e. The highest BCUT2D eigenvalue weighted by Gasteiger charge is 2.39. The summed E-state index contributed by atoms with van der Waals surface area (Å²) in [5.74, 6) is 0.332. The predicted molar refractivity (Wildman–Crippen MR) is 66.8 cm³/mol. The van der Waals surface area contributed by atoms with Gasteiger partial charge in [0.15, 0.2) is 5.82 Å². The van der Waals surface area contributed by atoms with Crippen LogP contribution in [0.2, 0.25) is 0 Å². The second-order valence-electron chi connectivity index (χ2n) is 5.66. The molecule has 2 heterocycles. The summed E-state index contributed by atoms with van der Waals surface area (Å²) in [4.78, 5) is 15.7. The zero-order chi connectivity index (χ0) is 14.0. The van der Waals surface area contributed by atoms with Crippen LogP contribution in [0, 0.1) is 11.3 Å². The van der Waals surface area contributed by atoms with E-state index in [9.17, 15) is 9.90 Å². The minimum atomic E-state index is -0.893. The van der Waals surface area contributed by atoms with Gasteiger partial charge in [-0.25, -0.2) is 0 Å². The van der Waals surface area contributed by atoms with Crippen LogP contribution in [-0.2, 0) is 16.0 Å². The maximum absolute atomic E-state index is 11.4. The molecule has 0 aliphatic carbocycles. The number of rotatable bonds is 5. The van der Waals surface area contributed by atoms with Gasteiger partial charge in [-0.2, -0.15) is 4.98 Å². The summed E-state index contributed by atoms with van der Waals surface area (Å²) in [5, 5.41) is 13.3. The Labute approximate surface area is 112 Å². The summed E-state index contributed by atoms with van der Waals surface area (Å²) in [5.41, 5.74) is -0.893. The lowest BCUT2D eigenvalue weighted by Crippen LogP contribution is -2.35. The highest BCUT2D eigenvalue weighted by Crippen LogP contribution is 2.32. The van der Waals surface area contributed by atoms with Crippen molar-refractivity contribution in [1.82, 2.24) is 10.1 Å². The van der Waals surface area contributed by atoms with Crippen molar-refractivity contribution in [2.24, 2.45) is 11.3 Å². The molecule has 0 radical (unpaired) electrons. The van der Waals surface area contributed by atoms with Crippen LogP contribution >= 0.6 is 0 Å². The molecule has 1 aromatic rings. The minimum absolute atomic E-state index is 0.0184. The van der Waals surface area contributed by atoms with Gasteiger partial charge in [-0.1, -0.05) is 19.0 Å². The summed E-state index contributed by atoms with van der Waals surface area (Å²) >= 11 is 0. The van der Waals surface area contributed by atoms with Crippen LogP contribution in [0.4, 0.5) is 0 Å². The molecule has 1 aliphatic rings. The van der Waals surface area contributed by atoms with Gasteiger partial charge in [-0.3, -0.25) is 4.79 Å². The molecular weight excluding hydrogens is 248 g/mol. The topological polar surface area (TPSA) is 85.5 Å². The molecule has 2 unspecified atom stereocenters. The second kappa shape index (κ2) is 5.28. The molecule has 19 heavy (non-hydrogen) atoms. The maximum Gasteiger partial charge on any atom is 0.310 e. The van der Waals surface area contributed by atoms with Crippen LogP contribution in [0.15, 0.2) is 4.52 Å². The van der Waals surface area contributed by atoms with Crippen molar-refractivity contribution in [3.63, 3.8) is 0 Å². The van der Waals surface area contributed by atoms with E-state index in [4.69, 9.17) is 9.26 Å². The Morgan fingerprint density at radius 1 is 1.58 bits per heavy atom. The first-order valence-corrected chi connectivity index (χ1v) is 6.57. The normalized spacial score (nSPS) is 22.6. The molecule has 2 atom stereocenters. The highest BCUT2D eigenvalue weighted by molar-refractivity contribution is 5.74. The maximum atomic E-state index is 11.4. The molecule has 2 rings (SSSR count). The van der Waals surface area contributed by atoms with Gasteiger partial charge in [0.2, 0.25) is 5.89 Å². The molecule has 1 saturated heterocycles. The number of aliphatic carboxylic acids is 1. The molecule has 0 aromatic carbocycles. The molecule has 1 N–H and O–H groups in total. The number of carboxylic acid groups (broad SMARTS) is 1. The fourth-order valence-corrected chi connectivity index (χ4v) is 2.08. The first kappa shape index (κ1) is 14.0. The Morgan fingerprint density at radius 3 is 2.84 bits per heavy atom. The van der Waals surface area contributed by atoms with E-state index in [1.807, 2.05) is 13.8 Å². The molecule has 1 aromatic heterocycles. The van der Waals surface area contributed by atoms with Gasteiger partial charge in [0.1, 0.15) is 0 Å². The van der Waals surface area contributed by atoms with E-state index in [-0.39, 0.29) is 18.3 Å². The van der Waals surface area contributed by atoms with E-state index in [0.717, 1.165) is 6.42 Å². The molecule has 0 bridgehead atoms. The van der Waals surface area contributed by atoms with E-state index < -0.39 is 11.4 Å². The molecule has 106 valence electrons. The number of hydrogen-bond acceptors (Lipinski definition) is 5. The quantitative estimate of drug-likeness (QED) is 0.877. The Balaban J connectivity index is 2.12. The molecule has 1 aliphatic heterocycles. The van der Waals surface area contributed by atoms with E-state index in [1.54, 1.807) is 6.92 Å². The van der Waals surface area contributed by atoms with Crippen molar-refractivity contribution in [2.75, 3.05) is 13.2 Å². The van der Waals surface area contributed by atoms with Crippen molar-refractivity contribution in [2.45, 2.75) is 39.5 Å². The summed E-state index contributed by atoms with van der Waals surface area (Å²) in [6, 6.07) is 0. The molecule has 1 fully saturated rings. The van der Waals surface area contributed by atoms with Crippen LogP contribution in [0.3, 0.4) is 0 Å². The third-order valence-electron chi connectivity index (χ3n) is 4.06. The average molecular weight is 268 g/mol. The second-order valence-corrected chi connectivity index (χ2v) is 5.66. The Kier molecular flexibility index (Phi) is 3.89.